The summed E-state index contributed by atoms with van der Waals surface area (Å²) >= 11 is 0. The molecule has 15 heteroatoms. The van der Waals surface area contributed by atoms with Crippen LogP contribution in [-0.2, 0) is 28.8 Å². The fourth-order valence-corrected chi connectivity index (χ4v) is 2.16. The summed E-state index contributed by atoms with van der Waals surface area (Å²) in [6.45, 7) is 0.234. The first kappa shape index (κ1) is 27.7. The Bertz CT molecular complexity index is 698. The Morgan fingerprint density at radius 3 is 1.77 bits per heavy atom. The van der Waals surface area contributed by atoms with Crippen LogP contribution in [0.25, 0.3) is 0 Å². The fourth-order valence-electron chi connectivity index (χ4n) is 2.16. The van der Waals surface area contributed by atoms with Crippen LogP contribution >= 0.6 is 0 Å². The monoisotopic (exact) mass is 449 g/mol. The van der Waals surface area contributed by atoms with Gasteiger partial charge in [-0.1, -0.05) is 0 Å². The van der Waals surface area contributed by atoms with Gasteiger partial charge in [0, 0.05) is 6.42 Å². The number of carboxylic acid groups (broad SMARTS) is 2. The van der Waals surface area contributed by atoms with Crippen molar-refractivity contribution >= 4 is 35.6 Å². The number of carbonyl (C=O) groups excluding carboxylic acids is 4. The van der Waals surface area contributed by atoms with E-state index in [2.05, 4.69) is 10.6 Å². The number of primary amides is 1. The van der Waals surface area contributed by atoms with Gasteiger partial charge in [-0.05, 0) is 13.3 Å². The van der Waals surface area contributed by atoms with Crippen LogP contribution in [0.2, 0.25) is 0 Å². The molecule has 15 nitrogen and oxygen atoms in total. The average molecular weight is 449 g/mol. The number of aliphatic hydroxyl groups excluding tert-OH is 2. The van der Waals surface area contributed by atoms with E-state index in [1.54, 1.807) is 0 Å². The minimum atomic E-state index is -1.72. The van der Waals surface area contributed by atoms with Gasteiger partial charge >= 0.3 is 11.9 Å². The molecule has 0 aromatic heterocycles. The standard InChI is InChI=1S/C16H27N5O10/c1-6(23)12(18)15(29)20-8(4-10(17)24)14(28)19-7(2-3-11(25)26)13(27)21-9(5-22)16(30)31/h6-9,12,22-23H,2-5,18H2,1H3,(H2,17,24)(H,19,28)(H,20,29)(H,21,27)(H,25,26)(H,30,31). The molecule has 0 rings (SSSR count). The molecule has 176 valence electrons. The molecule has 0 radical (unpaired) electrons. The maximum Gasteiger partial charge on any atom is 0.328 e. The Morgan fingerprint density at radius 2 is 1.35 bits per heavy atom. The van der Waals surface area contributed by atoms with Crippen molar-refractivity contribution in [1.82, 2.24) is 16.0 Å². The van der Waals surface area contributed by atoms with E-state index >= 15 is 0 Å². The minimum Gasteiger partial charge on any atom is -0.481 e. The second-order valence-corrected chi connectivity index (χ2v) is 6.57. The number of nitrogens with one attached hydrogen (secondary N) is 3. The smallest absolute Gasteiger partial charge is 0.328 e. The molecule has 5 unspecified atom stereocenters. The van der Waals surface area contributed by atoms with Crippen LogP contribution in [0.4, 0.5) is 0 Å². The van der Waals surface area contributed by atoms with Crippen LogP contribution < -0.4 is 27.4 Å². The largest absolute Gasteiger partial charge is 0.481 e. The molecule has 0 spiro atoms. The summed E-state index contributed by atoms with van der Waals surface area (Å²) in [6, 6.07) is -6.38. The van der Waals surface area contributed by atoms with Crippen molar-refractivity contribution in [2.24, 2.45) is 11.5 Å². The Hall–Kier alpha value is -3.30. The summed E-state index contributed by atoms with van der Waals surface area (Å²) in [5.41, 5.74) is 10.5. The summed E-state index contributed by atoms with van der Waals surface area (Å²) in [6.07, 6.45) is -3.09. The normalized spacial score (nSPS) is 15.5. The Labute approximate surface area is 176 Å². The lowest BCUT2D eigenvalue weighted by Gasteiger charge is -2.24. The molecule has 5 atom stereocenters. The molecule has 0 aromatic rings. The lowest BCUT2D eigenvalue weighted by Crippen LogP contribution is -2.59. The van der Waals surface area contributed by atoms with E-state index in [-0.39, 0.29) is 0 Å². The third kappa shape index (κ3) is 10.3. The van der Waals surface area contributed by atoms with E-state index in [4.69, 9.17) is 26.8 Å². The number of amides is 4. The first-order chi connectivity index (χ1) is 14.3. The van der Waals surface area contributed by atoms with E-state index in [1.807, 2.05) is 5.32 Å². The molecule has 0 aliphatic carbocycles. The van der Waals surface area contributed by atoms with Gasteiger partial charge in [0.2, 0.25) is 23.6 Å². The summed E-state index contributed by atoms with van der Waals surface area (Å²) < 4.78 is 0. The molecule has 4 amide bonds. The van der Waals surface area contributed by atoms with Crippen LogP contribution in [0.3, 0.4) is 0 Å². The quantitative estimate of drug-likeness (QED) is 0.121. The van der Waals surface area contributed by atoms with Gasteiger partial charge in [0.1, 0.15) is 24.2 Å². The molecule has 0 aromatic carbocycles. The zero-order chi connectivity index (χ0) is 24.3. The molecule has 11 N–H and O–H groups in total. The third-order valence-electron chi connectivity index (χ3n) is 3.94. The summed E-state index contributed by atoms with van der Waals surface area (Å²) in [4.78, 5) is 69.9. The van der Waals surface area contributed by atoms with Crippen molar-refractivity contribution in [3.63, 3.8) is 0 Å². The fraction of sp³-hybridized carbons (Fsp3) is 0.625. The van der Waals surface area contributed by atoms with Gasteiger partial charge in [0.05, 0.1) is 19.1 Å². The van der Waals surface area contributed by atoms with E-state index in [0.717, 1.165) is 0 Å². The van der Waals surface area contributed by atoms with Crippen molar-refractivity contribution in [3.8, 4) is 0 Å². The molecule has 0 aliphatic rings. The van der Waals surface area contributed by atoms with Crippen molar-refractivity contribution in [1.29, 1.82) is 0 Å². The number of rotatable bonds is 14. The second kappa shape index (κ2) is 13.1. The third-order valence-corrected chi connectivity index (χ3v) is 3.94. The van der Waals surface area contributed by atoms with Gasteiger partial charge in [-0.25, -0.2) is 4.79 Å². The SMILES string of the molecule is CC(O)C(N)C(=O)NC(CC(N)=O)C(=O)NC(CCC(=O)O)C(=O)NC(CO)C(=O)O. The molecular formula is C16H27N5O10. The van der Waals surface area contributed by atoms with E-state index in [1.165, 1.54) is 6.92 Å². The zero-order valence-corrected chi connectivity index (χ0v) is 16.6. The minimum absolute atomic E-state index is 0.477. The highest BCUT2D eigenvalue weighted by Crippen LogP contribution is 2.03. The van der Waals surface area contributed by atoms with Gasteiger partial charge in [0.25, 0.3) is 0 Å². The first-order valence-electron chi connectivity index (χ1n) is 8.98. The first-order valence-corrected chi connectivity index (χ1v) is 8.98. The highest BCUT2D eigenvalue weighted by atomic mass is 16.4. The number of aliphatic carboxylic acids is 2. The lowest BCUT2D eigenvalue weighted by molar-refractivity contribution is -0.144. The molecule has 31 heavy (non-hydrogen) atoms. The molecule has 0 fully saturated rings. The number of carboxylic acids is 2. The average Bonchev–Trinajstić information content (AvgIpc) is 2.66. The van der Waals surface area contributed by atoms with Crippen molar-refractivity contribution in [2.45, 2.75) is 56.5 Å². The molecule has 0 aliphatic heterocycles. The van der Waals surface area contributed by atoms with Gasteiger partial charge in [-0.3, -0.25) is 24.0 Å². The second-order valence-electron chi connectivity index (χ2n) is 6.57. The van der Waals surface area contributed by atoms with Crippen molar-refractivity contribution in [2.75, 3.05) is 6.61 Å². The van der Waals surface area contributed by atoms with Gasteiger partial charge in [0.15, 0.2) is 0 Å². The predicted molar refractivity (Wildman–Crippen MR) is 101 cm³/mol. The summed E-state index contributed by atoms with van der Waals surface area (Å²) in [5.74, 6) is -7.16. The Balaban J connectivity index is 5.51. The van der Waals surface area contributed by atoms with E-state index in [9.17, 15) is 33.9 Å². The van der Waals surface area contributed by atoms with Gasteiger partial charge < -0.3 is 47.8 Å². The molecule has 0 bridgehead atoms. The van der Waals surface area contributed by atoms with Crippen LogP contribution in [0, 0.1) is 0 Å². The van der Waals surface area contributed by atoms with Crippen molar-refractivity contribution < 1.29 is 49.2 Å². The summed E-state index contributed by atoms with van der Waals surface area (Å²) in [7, 11) is 0. The van der Waals surface area contributed by atoms with Crippen LogP contribution in [0.5, 0.6) is 0 Å². The van der Waals surface area contributed by atoms with Crippen molar-refractivity contribution in [3.05, 3.63) is 0 Å². The molecule has 0 saturated carbocycles. The number of hydrogen-bond acceptors (Lipinski definition) is 9. The number of carbonyl (C=O) groups is 6. The number of hydrogen-bond donors (Lipinski definition) is 9. The lowest BCUT2D eigenvalue weighted by atomic mass is 10.1. The van der Waals surface area contributed by atoms with Crippen LogP contribution in [0.1, 0.15) is 26.2 Å². The molecule has 0 saturated heterocycles. The van der Waals surface area contributed by atoms with E-state index < -0.39 is 91.7 Å². The Kier molecular flexibility index (Phi) is 11.7. The molecule has 0 heterocycles. The topological polar surface area (TPSA) is 271 Å². The van der Waals surface area contributed by atoms with Crippen LogP contribution in [0.15, 0.2) is 0 Å². The predicted octanol–water partition coefficient (Wildman–Crippen LogP) is -5.03. The maximum absolute atomic E-state index is 12.5. The molecular weight excluding hydrogens is 422 g/mol. The highest BCUT2D eigenvalue weighted by Gasteiger charge is 2.31. The highest BCUT2D eigenvalue weighted by molar-refractivity contribution is 5.96. The number of aliphatic hydroxyl groups is 2. The van der Waals surface area contributed by atoms with Gasteiger partial charge in [-0.2, -0.15) is 0 Å². The van der Waals surface area contributed by atoms with Crippen LogP contribution in [-0.4, -0.2) is 92.9 Å². The van der Waals surface area contributed by atoms with Gasteiger partial charge in [-0.15, -0.1) is 0 Å². The number of nitrogens with two attached hydrogens (primary N) is 2. The summed E-state index contributed by atoms with van der Waals surface area (Å²) in [5, 5.41) is 42.2. The maximum atomic E-state index is 12.5. The van der Waals surface area contributed by atoms with E-state index in [0.29, 0.717) is 0 Å². The Morgan fingerprint density at radius 1 is 0.871 bits per heavy atom. The zero-order valence-electron chi connectivity index (χ0n) is 16.6.